The molecule has 96 valence electrons. The van der Waals surface area contributed by atoms with Gasteiger partial charge in [-0.15, -0.1) is 0 Å². The highest BCUT2D eigenvalue weighted by Gasteiger charge is 2.03. The van der Waals surface area contributed by atoms with E-state index in [2.05, 4.69) is 50.1 Å². The van der Waals surface area contributed by atoms with E-state index in [0.717, 1.165) is 19.5 Å². The quantitative estimate of drug-likeness (QED) is 0.820. The Kier molecular flexibility index (Phi) is 5.66. The van der Waals surface area contributed by atoms with Crippen LogP contribution in [0.15, 0.2) is 24.3 Å². The molecule has 1 unspecified atom stereocenters. The second-order valence-corrected chi connectivity index (χ2v) is 5.39. The average molecular weight is 234 g/mol. The lowest BCUT2D eigenvalue weighted by Crippen LogP contribution is -2.34. The Morgan fingerprint density at radius 3 is 2.18 bits per heavy atom. The van der Waals surface area contributed by atoms with E-state index in [1.807, 2.05) is 6.92 Å². The smallest absolute Gasteiger partial charge is 0.0139 e. The van der Waals surface area contributed by atoms with Crippen LogP contribution in [-0.2, 0) is 6.42 Å². The zero-order valence-electron chi connectivity index (χ0n) is 11.6. The van der Waals surface area contributed by atoms with Crippen molar-refractivity contribution in [3.8, 4) is 0 Å². The molecular formula is C15H26N2. The number of nitrogens with zero attached hydrogens (tertiary/aromatic N) is 1. The van der Waals surface area contributed by atoms with Crippen LogP contribution in [0.1, 0.15) is 37.8 Å². The molecular weight excluding hydrogens is 208 g/mol. The standard InChI is InChI=1S/C15H26N2/c1-12(2)15-7-5-14(6-8-15)9-10-17(4)11-13(3)16/h5-8,12-13H,9-11,16H2,1-4H3. The highest BCUT2D eigenvalue weighted by molar-refractivity contribution is 5.24. The minimum atomic E-state index is 0.253. The molecule has 0 aliphatic heterocycles. The third-order valence-electron chi connectivity index (χ3n) is 3.03. The second kappa shape index (κ2) is 6.77. The van der Waals surface area contributed by atoms with Gasteiger partial charge in [-0.2, -0.15) is 0 Å². The molecule has 0 saturated carbocycles. The maximum absolute atomic E-state index is 5.77. The van der Waals surface area contributed by atoms with Gasteiger partial charge in [-0.05, 0) is 37.4 Å². The van der Waals surface area contributed by atoms with E-state index in [4.69, 9.17) is 5.73 Å². The molecule has 0 aliphatic carbocycles. The summed E-state index contributed by atoms with van der Waals surface area (Å²) >= 11 is 0. The fourth-order valence-corrected chi connectivity index (χ4v) is 1.97. The monoisotopic (exact) mass is 234 g/mol. The van der Waals surface area contributed by atoms with E-state index in [1.54, 1.807) is 0 Å². The Morgan fingerprint density at radius 2 is 1.71 bits per heavy atom. The summed E-state index contributed by atoms with van der Waals surface area (Å²) in [5, 5.41) is 0. The fourth-order valence-electron chi connectivity index (χ4n) is 1.97. The Balaban J connectivity index is 2.42. The Bertz CT molecular complexity index is 314. The lowest BCUT2D eigenvalue weighted by Gasteiger charge is -2.18. The molecule has 0 saturated heterocycles. The zero-order valence-corrected chi connectivity index (χ0v) is 11.6. The zero-order chi connectivity index (χ0) is 12.8. The van der Waals surface area contributed by atoms with Crippen LogP contribution in [0.5, 0.6) is 0 Å². The van der Waals surface area contributed by atoms with Crippen molar-refractivity contribution in [3.63, 3.8) is 0 Å². The van der Waals surface area contributed by atoms with Gasteiger partial charge in [0.25, 0.3) is 0 Å². The van der Waals surface area contributed by atoms with Crippen LogP contribution in [0, 0.1) is 0 Å². The lowest BCUT2D eigenvalue weighted by atomic mass is 10.0. The molecule has 0 bridgehead atoms. The molecule has 0 amide bonds. The summed E-state index contributed by atoms with van der Waals surface area (Å²) in [5.74, 6) is 0.616. The molecule has 0 aromatic heterocycles. The van der Waals surface area contributed by atoms with Crippen LogP contribution >= 0.6 is 0 Å². The minimum Gasteiger partial charge on any atom is -0.327 e. The summed E-state index contributed by atoms with van der Waals surface area (Å²) in [7, 11) is 2.13. The number of benzene rings is 1. The van der Waals surface area contributed by atoms with Crippen molar-refractivity contribution in [2.24, 2.45) is 5.73 Å². The molecule has 1 rings (SSSR count). The van der Waals surface area contributed by atoms with Gasteiger partial charge in [-0.1, -0.05) is 38.1 Å². The van der Waals surface area contributed by atoms with Crippen molar-refractivity contribution in [1.29, 1.82) is 0 Å². The molecule has 17 heavy (non-hydrogen) atoms. The first-order chi connectivity index (χ1) is 7.99. The summed E-state index contributed by atoms with van der Waals surface area (Å²) in [5.41, 5.74) is 8.60. The first-order valence-corrected chi connectivity index (χ1v) is 6.52. The molecule has 0 heterocycles. The first-order valence-electron chi connectivity index (χ1n) is 6.52. The minimum absolute atomic E-state index is 0.253. The number of hydrogen-bond acceptors (Lipinski definition) is 2. The van der Waals surface area contributed by atoms with E-state index in [0.29, 0.717) is 5.92 Å². The van der Waals surface area contributed by atoms with Crippen LogP contribution in [0.3, 0.4) is 0 Å². The highest BCUT2D eigenvalue weighted by Crippen LogP contribution is 2.14. The Labute approximate surface area is 106 Å². The maximum Gasteiger partial charge on any atom is 0.0139 e. The molecule has 2 N–H and O–H groups in total. The van der Waals surface area contributed by atoms with Gasteiger partial charge < -0.3 is 10.6 Å². The third-order valence-corrected chi connectivity index (χ3v) is 3.03. The van der Waals surface area contributed by atoms with E-state index in [-0.39, 0.29) is 6.04 Å². The van der Waals surface area contributed by atoms with Gasteiger partial charge in [0, 0.05) is 19.1 Å². The van der Waals surface area contributed by atoms with Crippen LogP contribution in [0.25, 0.3) is 0 Å². The topological polar surface area (TPSA) is 29.3 Å². The summed E-state index contributed by atoms with van der Waals surface area (Å²) in [6, 6.07) is 9.23. The summed E-state index contributed by atoms with van der Waals surface area (Å²) < 4.78 is 0. The first kappa shape index (κ1) is 14.2. The molecule has 2 heteroatoms. The van der Waals surface area contributed by atoms with E-state index >= 15 is 0 Å². The third kappa shape index (κ3) is 5.33. The van der Waals surface area contributed by atoms with Crippen molar-refractivity contribution in [2.75, 3.05) is 20.1 Å². The van der Waals surface area contributed by atoms with Crippen molar-refractivity contribution < 1.29 is 0 Å². The van der Waals surface area contributed by atoms with E-state index in [9.17, 15) is 0 Å². The van der Waals surface area contributed by atoms with Gasteiger partial charge in [-0.3, -0.25) is 0 Å². The van der Waals surface area contributed by atoms with Gasteiger partial charge in [0.05, 0.1) is 0 Å². The molecule has 1 aromatic carbocycles. The molecule has 0 aliphatic rings. The van der Waals surface area contributed by atoms with Gasteiger partial charge in [0.2, 0.25) is 0 Å². The van der Waals surface area contributed by atoms with E-state index in [1.165, 1.54) is 11.1 Å². The second-order valence-electron chi connectivity index (χ2n) is 5.39. The molecule has 0 radical (unpaired) electrons. The maximum atomic E-state index is 5.77. The predicted octanol–water partition coefficient (Wildman–Crippen LogP) is 2.63. The fraction of sp³-hybridized carbons (Fsp3) is 0.600. The van der Waals surface area contributed by atoms with Crippen molar-refractivity contribution >= 4 is 0 Å². The van der Waals surface area contributed by atoms with Crippen LogP contribution < -0.4 is 5.73 Å². The van der Waals surface area contributed by atoms with Crippen LogP contribution in [0.2, 0.25) is 0 Å². The molecule has 0 spiro atoms. The number of likely N-dealkylation sites (N-methyl/N-ethyl adjacent to an activating group) is 1. The summed E-state index contributed by atoms with van der Waals surface area (Å²) in [6.45, 7) is 8.54. The van der Waals surface area contributed by atoms with Gasteiger partial charge >= 0.3 is 0 Å². The van der Waals surface area contributed by atoms with Crippen LogP contribution in [-0.4, -0.2) is 31.1 Å². The lowest BCUT2D eigenvalue weighted by molar-refractivity contribution is 0.321. The Hall–Kier alpha value is -0.860. The summed E-state index contributed by atoms with van der Waals surface area (Å²) in [4.78, 5) is 2.29. The largest absolute Gasteiger partial charge is 0.327 e. The van der Waals surface area contributed by atoms with Crippen LogP contribution in [0.4, 0.5) is 0 Å². The number of rotatable bonds is 6. The Morgan fingerprint density at radius 1 is 1.12 bits per heavy atom. The normalized spacial score (nSPS) is 13.4. The average Bonchev–Trinajstić information content (AvgIpc) is 2.26. The number of nitrogens with two attached hydrogens (primary N) is 1. The van der Waals surface area contributed by atoms with Crippen molar-refractivity contribution in [1.82, 2.24) is 4.90 Å². The highest BCUT2D eigenvalue weighted by atomic mass is 15.1. The van der Waals surface area contributed by atoms with Gasteiger partial charge in [-0.25, -0.2) is 0 Å². The number of hydrogen-bond donors (Lipinski definition) is 1. The van der Waals surface area contributed by atoms with Gasteiger partial charge in [0.1, 0.15) is 0 Å². The molecule has 1 aromatic rings. The van der Waals surface area contributed by atoms with Crippen molar-refractivity contribution in [2.45, 2.75) is 39.2 Å². The molecule has 1 atom stereocenters. The van der Waals surface area contributed by atoms with E-state index < -0.39 is 0 Å². The van der Waals surface area contributed by atoms with Crippen molar-refractivity contribution in [3.05, 3.63) is 35.4 Å². The summed E-state index contributed by atoms with van der Waals surface area (Å²) in [6.07, 6.45) is 1.10. The molecule has 0 fully saturated rings. The SMILES string of the molecule is CC(N)CN(C)CCc1ccc(C(C)C)cc1. The predicted molar refractivity (Wildman–Crippen MR) is 75.4 cm³/mol. The van der Waals surface area contributed by atoms with Gasteiger partial charge in [0.15, 0.2) is 0 Å². The molecule has 2 nitrogen and oxygen atoms in total.